The average Bonchev–Trinajstić information content (AvgIpc) is 2.62. The van der Waals surface area contributed by atoms with E-state index in [2.05, 4.69) is 24.5 Å². The first-order valence-corrected chi connectivity index (χ1v) is 6.74. The summed E-state index contributed by atoms with van der Waals surface area (Å²) < 4.78 is 0. The Morgan fingerprint density at radius 2 is 2.06 bits per heavy atom. The Morgan fingerprint density at radius 3 is 2.59 bits per heavy atom. The van der Waals surface area contributed by atoms with E-state index in [-0.39, 0.29) is 16.8 Å². The van der Waals surface area contributed by atoms with Crippen LogP contribution in [-0.4, -0.2) is 22.6 Å². The van der Waals surface area contributed by atoms with Gasteiger partial charge in [-0.25, -0.2) is 0 Å². The van der Waals surface area contributed by atoms with Gasteiger partial charge >= 0.3 is 0 Å². The van der Waals surface area contributed by atoms with Gasteiger partial charge in [0.15, 0.2) is 0 Å². The minimum atomic E-state index is -0.101. The number of aryl methyl sites for hydroxylation is 1. The van der Waals surface area contributed by atoms with Crippen LogP contribution in [0, 0.1) is 6.92 Å². The van der Waals surface area contributed by atoms with Crippen molar-refractivity contribution in [2.24, 2.45) is 0 Å². The molecule has 0 bridgehead atoms. The van der Waals surface area contributed by atoms with Crippen molar-refractivity contribution in [3.63, 3.8) is 0 Å². The monoisotopic (exact) mass is 250 g/mol. The van der Waals surface area contributed by atoms with Gasteiger partial charge in [-0.3, -0.25) is 10.1 Å². The number of anilines is 1. The molecule has 0 radical (unpaired) electrons. The van der Waals surface area contributed by atoms with Gasteiger partial charge < -0.3 is 5.32 Å². The number of carbonyl (C=O) groups excluding carboxylic acids is 1. The normalized spacial score (nSPS) is 22.4. The fraction of sp³-hybridized carbons (Fsp3) is 0.462. The van der Waals surface area contributed by atoms with Crippen molar-refractivity contribution in [1.29, 1.82) is 0 Å². The molecule has 1 saturated heterocycles. The second-order valence-corrected chi connectivity index (χ2v) is 6.52. The molecule has 2 rings (SSSR count). The maximum atomic E-state index is 12.0. The highest BCUT2D eigenvalue weighted by Crippen LogP contribution is 2.29. The van der Waals surface area contributed by atoms with Crippen molar-refractivity contribution in [2.75, 3.05) is 11.1 Å². The van der Waals surface area contributed by atoms with Gasteiger partial charge in [0.2, 0.25) is 5.91 Å². The number of hydrogen-bond donors (Lipinski definition) is 2. The standard InChI is InChI=1S/C13H18N2OS/c1-9-4-6-10(7-5-9)14-12(16)11-8-17-13(2,3)15-11/h4-7,11,15H,8H2,1-3H3,(H,14,16). The molecule has 0 aromatic heterocycles. The van der Waals surface area contributed by atoms with Crippen LogP contribution >= 0.6 is 11.8 Å². The minimum Gasteiger partial charge on any atom is -0.325 e. The van der Waals surface area contributed by atoms with E-state index < -0.39 is 0 Å². The second-order valence-electron chi connectivity index (χ2n) is 4.87. The summed E-state index contributed by atoms with van der Waals surface area (Å²) in [6.45, 7) is 6.22. The SMILES string of the molecule is Cc1ccc(NC(=O)C2CSC(C)(C)N2)cc1. The van der Waals surface area contributed by atoms with Gasteiger partial charge in [-0.2, -0.15) is 0 Å². The topological polar surface area (TPSA) is 41.1 Å². The van der Waals surface area contributed by atoms with Gasteiger partial charge in [-0.1, -0.05) is 17.7 Å². The van der Waals surface area contributed by atoms with E-state index in [9.17, 15) is 4.79 Å². The first-order chi connectivity index (χ1) is 7.96. The van der Waals surface area contributed by atoms with Crippen LogP contribution in [0.5, 0.6) is 0 Å². The molecule has 3 nitrogen and oxygen atoms in total. The molecule has 4 heteroatoms. The van der Waals surface area contributed by atoms with Gasteiger partial charge in [-0.15, -0.1) is 11.8 Å². The van der Waals surface area contributed by atoms with Crippen LogP contribution in [0.1, 0.15) is 19.4 Å². The third kappa shape index (κ3) is 3.23. The zero-order chi connectivity index (χ0) is 12.5. The van der Waals surface area contributed by atoms with Crippen LogP contribution in [0.4, 0.5) is 5.69 Å². The molecule has 0 saturated carbocycles. The minimum absolute atomic E-state index is 0.00468. The fourth-order valence-electron chi connectivity index (χ4n) is 1.80. The van der Waals surface area contributed by atoms with E-state index in [0.717, 1.165) is 11.4 Å². The number of thioether (sulfide) groups is 1. The summed E-state index contributed by atoms with van der Waals surface area (Å²) in [7, 11) is 0. The first-order valence-electron chi connectivity index (χ1n) is 5.75. The molecule has 92 valence electrons. The van der Waals surface area contributed by atoms with Crippen LogP contribution in [0.3, 0.4) is 0 Å². The van der Waals surface area contributed by atoms with Crippen molar-refractivity contribution in [1.82, 2.24) is 5.32 Å². The molecule has 0 spiro atoms. The van der Waals surface area contributed by atoms with Gasteiger partial charge in [-0.05, 0) is 32.9 Å². The Labute approximate surface area is 106 Å². The smallest absolute Gasteiger partial charge is 0.242 e. The maximum absolute atomic E-state index is 12.0. The first kappa shape index (κ1) is 12.5. The Kier molecular flexibility index (Phi) is 3.45. The van der Waals surface area contributed by atoms with Crippen molar-refractivity contribution in [2.45, 2.75) is 31.7 Å². The van der Waals surface area contributed by atoms with Gasteiger partial charge in [0.25, 0.3) is 0 Å². The average molecular weight is 250 g/mol. The van der Waals surface area contributed by atoms with Crippen LogP contribution in [0.2, 0.25) is 0 Å². The van der Waals surface area contributed by atoms with E-state index in [4.69, 9.17) is 0 Å². The summed E-state index contributed by atoms with van der Waals surface area (Å²) in [6.07, 6.45) is 0. The summed E-state index contributed by atoms with van der Waals surface area (Å²) in [6, 6.07) is 7.75. The predicted molar refractivity (Wildman–Crippen MR) is 73.3 cm³/mol. The molecule has 1 atom stereocenters. The molecule has 1 aliphatic rings. The Morgan fingerprint density at radius 1 is 1.41 bits per heavy atom. The highest BCUT2D eigenvalue weighted by molar-refractivity contribution is 8.00. The zero-order valence-electron chi connectivity index (χ0n) is 10.4. The molecular weight excluding hydrogens is 232 g/mol. The lowest BCUT2D eigenvalue weighted by Crippen LogP contribution is -2.43. The van der Waals surface area contributed by atoms with E-state index in [1.807, 2.05) is 31.2 Å². The molecule has 1 aromatic rings. The van der Waals surface area contributed by atoms with Crippen molar-refractivity contribution >= 4 is 23.4 Å². The number of benzene rings is 1. The Hall–Kier alpha value is -1.00. The van der Waals surface area contributed by atoms with Crippen LogP contribution in [-0.2, 0) is 4.79 Å². The molecule has 1 amide bonds. The van der Waals surface area contributed by atoms with Crippen molar-refractivity contribution in [3.05, 3.63) is 29.8 Å². The Balaban J connectivity index is 1.96. The van der Waals surface area contributed by atoms with Crippen LogP contribution in [0.15, 0.2) is 24.3 Å². The lowest BCUT2D eigenvalue weighted by Gasteiger charge is -2.18. The molecule has 1 aliphatic heterocycles. The van der Waals surface area contributed by atoms with Crippen molar-refractivity contribution < 1.29 is 4.79 Å². The van der Waals surface area contributed by atoms with Gasteiger partial charge in [0.1, 0.15) is 0 Å². The number of rotatable bonds is 2. The highest BCUT2D eigenvalue weighted by Gasteiger charge is 2.34. The fourth-order valence-corrected chi connectivity index (χ4v) is 2.85. The number of carbonyl (C=O) groups is 1. The molecule has 17 heavy (non-hydrogen) atoms. The van der Waals surface area contributed by atoms with Crippen LogP contribution in [0.25, 0.3) is 0 Å². The van der Waals surface area contributed by atoms with E-state index >= 15 is 0 Å². The van der Waals surface area contributed by atoms with E-state index in [0.29, 0.717) is 0 Å². The highest BCUT2D eigenvalue weighted by atomic mass is 32.2. The summed E-state index contributed by atoms with van der Waals surface area (Å²) >= 11 is 1.78. The zero-order valence-corrected chi connectivity index (χ0v) is 11.2. The number of nitrogens with one attached hydrogen (secondary N) is 2. The van der Waals surface area contributed by atoms with Gasteiger partial charge in [0, 0.05) is 11.4 Å². The lowest BCUT2D eigenvalue weighted by atomic mass is 10.2. The lowest BCUT2D eigenvalue weighted by molar-refractivity contribution is -0.117. The largest absolute Gasteiger partial charge is 0.325 e. The summed E-state index contributed by atoms with van der Waals surface area (Å²) in [4.78, 5) is 12.0. The molecule has 2 N–H and O–H groups in total. The van der Waals surface area contributed by atoms with E-state index in [1.54, 1.807) is 11.8 Å². The molecule has 1 fully saturated rings. The summed E-state index contributed by atoms with van der Waals surface area (Å²) in [5.74, 6) is 0.872. The van der Waals surface area contributed by atoms with Gasteiger partial charge in [0.05, 0.1) is 10.9 Å². The molecule has 1 aromatic carbocycles. The number of hydrogen-bond acceptors (Lipinski definition) is 3. The predicted octanol–water partition coefficient (Wildman–Crippen LogP) is 2.37. The quantitative estimate of drug-likeness (QED) is 0.846. The third-order valence-electron chi connectivity index (χ3n) is 2.77. The number of amides is 1. The van der Waals surface area contributed by atoms with E-state index in [1.165, 1.54) is 5.56 Å². The maximum Gasteiger partial charge on any atom is 0.242 e. The summed E-state index contributed by atoms with van der Waals surface area (Å²) in [5.41, 5.74) is 2.05. The molecular formula is C13H18N2OS. The van der Waals surface area contributed by atoms with Crippen LogP contribution < -0.4 is 10.6 Å². The summed E-state index contributed by atoms with van der Waals surface area (Å²) in [5, 5.41) is 6.25. The molecule has 1 heterocycles. The van der Waals surface area contributed by atoms with Crippen molar-refractivity contribution in [3.8, 4) is 0 Å². The molecule has 0 aliphatic carbocycles. The Bertz CT molecular complexity index is 414. The molecule has 1 unspecified atom stereocenters. The second kappa shape index (κ2) is 4.70. The third-order valence-corrected chi connectivity index (χ3v) is 4.11.